The summed E-state index contributed by atoms with van der Waals surface area (Å²) in [5.41, 5.74) is 1.86. The molecule has 34 heavy (non-hydrogen) atoms. The van der Waals surface area contributed by atoms with E-state index in [4.69, 9.17) is 9.47 Å². The van der Waals surface area contributed by atoms with Crippen molar-refractivity contribution in [3.05, 3.63) is 60.6 Å². The highest BCUT2D eigenvalue weighted by atomic mass is 16.6. The van der Waals surface area contributed by atoms with Crippen LogP contribution in [0.4, 0.5) is 4.79 Å². The quantitative estimate of drug-likeness (QED) is 0.563. The van der Waals surface area contributed by atoms with Gasteiger partial charge in [0.05, 0.1) is 11.7 Å². The number of carbonyl (C=O) groups is 1. The Kier molecular flexibility index (Phi) is 6.08. The Labute approximate surface area is 199 Å². The highest BCUT2D eigenvalue weighted by Crippen LogP contribution is 2.36. The maximum absolute atomic E-state index is 12.6. The topological polar surface area (TPSA) is 82.4 Å². The van der Waals surface area contributed by atoms with Crippen LogP contribution in [0.2, 0.25) is 0 Å². The highest BCUT2D eigenvalue weighted by Gasteiger charge is 2.43. The van der Waals surface area contributed by atoms with Gasteiger partial charge in [-0.05, 0) is 88.9 Å². The zero-order chi connectivity index (χ0) is 23.7. The van der Waals surface area contributed by atoms with E-state index in [1.807, 2.05) is 51.2 Å². The average molecular weight is 462 g/mol. The standard InChI is InChI=1S/C26H31N5O3/c1-26(2,3)34-25(32)31-13-5-7-21(31)20-8-9-23(29-28-20)33-24-19-10-14-30(15-11-19)22(24)16-18-6-4-12-27-17-18/h4-9,12-13,17,19,22,24H,10-11,14-16H2,1-3H3. The van der Waals surface area contributed by atoms with Crippen molar-refractivity contribution >= 4 is 6.09 Å². The number of nitrogens with zero attached hydrogens (tertiary/aromatic N) is 5. The van der Waals surface area contributed by atoms with E-state index in [1.54, 1.807) is 18.5 Å². The number of aromatic nitrogens is 4. The summed E-state index contributed by atoms with van der Waals surface area (Å²) < 4.78 is 13.4. The number of pyridine rings is 1. The summed E-state index contributed by atoms with van der Waals surface area (Å²) in [7, 11) is 0. The molecule has 8 nitrogen and oxygen atoms in total. The van der Waals surface area contributed by atoms with E-state index in [0.717, 1.165) is 32.4 Å². The molecule has 2 bridgehead atoms. The Hall–Kier alpha value is -3.26. The fourth-order valence-corrected chi connectivity index (χ4v) is 5.00. The molecule has 2 unspecified atom stereocenters. The summed E-state index contributed by atoms with van der Waals surface area (Å²) >= 11 is 0. The van der Waals surface area contributed by atoms with Crippen molar-refractivity contribution in [1.82, 2.24) is 24.6 Å². The molecule has 8 heteroatoms. The molecule has 0 saturated carbocycles. The lowest BCUT2D eigenvalue weighted by atomic mass is 9.78. The molecular formula is C26H31N5O3. The van der Waals surface area contributed by atoms with Crippen LogP contribution >= 0.6 is 0 Å². The first kappa shape index (κ1) is 22.5. The summed E-state index contributed by atoms with van der Waals surface area (Å²) in [4.78, 5) is 19.4. The van der Waals surface area contributed by atoms with Crippen LogP contribution in [0.3, 0.4) is 0 Å². The van der Waals surface area contributed by atoms with Crippen molar-refractivity contribution in [2.24, 2.45) is 5.92 Å². The molecule has 3 aromatic heterocycles. The maximum atomic E-state index is 12.6. The van der Waals surface area contributed by atoms with Crippen LogP contribution in [0, 0.1) is 5.92 Å². The Morgan fingerprint density at radius 1 is 1.09 bits per heavy atom. The minimum Gasteiger partial charge on any atom is -0.471 e. The Morgan fingerprint density at radius 2 is 1.91 bits per heavy atom. The maximum Gasteiger partial charge on any atom is 0.419 e. The molecule has 3 aromatic rings. The van der Waals surface area contributed by atoms with Gasteiger partial charge in [0.1, 0.15) is 17.4 Å². The van der Waals surface area contributed by atoms with Crippen molar-refractivity contribution in [2.45, 2.75) is 57.8 Å². The minimum atomic E-state index is -0.580. The zero-order valence-corrected chi connectivity index (χ0v) is 19.9. The molecule has 0 spiro atoms. The number of rotatable bonds is 5. The molecule has 0 aromatic carbocycles. The van der Waals surface area contributed by atoms with Crippen LogP contribution in [-0.4, -0.2) is 61.6 Å². The van der Waals surface area contributed by atoms with Crippen LogP contribution in [0.25, 0.3) is 11.4 Å². The van der Waals surface area contributed by atoms with Gasteiger partial charge in [-0.25, -0.2) is 4.79 Å². The fraction of sp³-hybridized carbons (Fsp3) is 0.462. The van der Waals surface area contributed by atoms with Crippen molar-refractivity contribution in [2.75, 3.05) is 13.1 Å². The third-order valence-corrected chi connectivity index (χ3v) is 6.55. The Bertz CT molecular complexity index is 1120. The SMILES string of the molecule is CC(C)(C)OC(=O)n1cccc1-c1ccc(OC2C3CCN(CC3)C2Cc2cccnc2)nn1. The second-order valence-corrected chi connectivity index (χ2v) is 10.1. The normalized spacial score (nSPS) is 24.1. The molecular weight excluding hydrogens is 430 g/mol. The number of piperidine rings is 3. The average Bonchev–Trinajstić information content (AvgIpc) is 3.32. The van der Waals surface area contributed by atoms with E-state index >= 15 is 0 Å². The van der Waals surface area contributed by atoms with Crippen molar-refractivity contribution in [3.63, 3.8) is 0 Å². The molecule has 3 aliphatic rings. The van der Waals surface area contributed by atoms with Crippen LogP contribution in [-0.2, 0) is 11.2 Å². The predicted octanol–water partition coefficient (Wildman–Crippen LogP) is 4.21. The predicted molar refractivity (Wildman–Crippen MR) is 128 cm³/mol. The summed E-state index contributed by atoms with van der Waals surface area (Å²) in [5, 5.41) is 8.73. The van der Waals surface area contributed by atoms with Crippen molar-refractivity contribution in [1.29, 1.82) is 0 Å². The molecule has 6 heterocycles. The molecule has 178 valence electrons. The molecule has 0 radical (unpaired) electrons. The van der Waals surface area contributed by atoms with E-state index in [9.17, 15) is 4.79 Å². The van der Waals surface area contributed by atoms with Gasteiger partial charge in [-0.3, -0.25) is 14.5 Å². The van der Waals surface area contributed by atoms with Gasteiger partial charge < -0.3 is 9.47 Å². The van der Waals surface area contributed by atoms with E-state index in [2.05, 4.69) is 26.1 Å². The third kappa shape index (κ3) is 4.82. The lowest BCUT2D eigenvalue weighted by molar-refractivity contribution is -0.0599. The van der Waals surface area contributed by atoms with Crippen molar-refractivity contribution < 1.29 is 14.3 Å². The Balaban J connectivity index is 1.32. The second kappa shape index (κ2) is 9.18. The lowest BCUT2D eigenvalue weighted by Crippen LogP contribution is -2.60. The molecule has 6 rings (SSSR count). The van der Waals surface area contributed by atoms with Gasteiger partial charge in [-0.1, -0.05) is 6.07 Å². The van der Waals surface area contributed by atoms with E-state index in [-0.39, 0.29) is 6.10 Å². The molecule has 3 fully saturated rings. The minimum absolute atomic E-state index is 0.0634. The van der Waals surface area contributed by atoms with Gasteiger partial charge in [0, 0.05) is 24.7 Å². The summed E-state index contributed by atoms with van der Waals surface area (Å²) in [6, 6.07) is 11.7. The van der Waals surface area contributed by atoms with Crippen LogP contribution in [0.1, 0.15) is 39.2 Å². The molecule has 2 atom stereocenters. The fourth-order valence-electron chi connectivity index (χ4n) is 5.00. The van der Waals surface area contributed by atoms with Gasteiger partial charge in [-0.2, -0.15) is 0 Å². The van der Waals surface area contributed by atoms with E-state index < -0.39 is 11.7 Å². The number of fused-ring (bicyclic) bond motifs is 3. The van der Waals surface area contributed by atoms with Crippen LogP contribution in [0.5, 0.6) is 5.88 Å². The summed E-state index contributed by atoms with van der Waals surface area (Å²) in [5.74, 6) is 1.02. The van der Waals surface area contributed by atoms with Gasteiger partial charge in [-0.15, -0.1) is 10.2 Å². The monoisotopic (exact) mass is 461 g/mol. The molecule has 0 aliphatic carbocycles. The zero-order valence-electron chi connectivity index (χ0n) is 19.9. The van der Waals surface area contributed by atoms with E-state index in [1.165, 1.54) is 10.1 Å². The number of carbonyl (C=O) groups excluding carboxylic acids is 1. The van der Waals surface area contributed by atoms with Crippen LogP contribution in [0.15, 0.2) is 55.0 Å². The smallest absolute Gasteiger partial charge is 0.419 e. The first-order valence-corrected chi connectivity index (χ1v) is 11.9. The van der Waals surface area contributed by atoms with Gasteiger partial charge in [0.25, 0.3) is 0 Å². The lowest BCUT2D eigenvalue weighted by Gasteiger charge is -2.50. The molecule has 3 aliphatic heterocycles. The molecule has 3 saturated heterocycles. The first-order chi connectivity index (χ1) is 16.4. The summed E-state index contributed by atoms with van der Waals surface area (Å²) in [6.45, 7) is 7.76. The second-order valence-electron chi connectivity index (χ2n) is 10.1. The number of hydrogen-bond donors (Lipinski definition) is 0. The molecule has 0 N–H and O–H groups in total. The number of ether oxygens (including phenoxy) is 2. The van der Waals surface area contributed by atoms with Crippen molar-refractivity contribution in [3.8, 4) is 17.3 Å². The van der Waals surface area contributed by atoms with Gasteiger partial charge >= 0.3 is 6.09 Å². The largest absolute Gasteiger partial charge is 0.471 e. The van der Waals surface area contributed by atoms with Gasteiger partial charge in [0.2, 0.25) is 5.88 Å². The molecule has 0 amide bonds. The Morgan fingerprint density at radius 3 is 2.59 bits per heavy atom. The van der Waals surface area contributed by atoms with Crippen LogP contribution < -0.4 is 4.74 Å². The van der Waals surface area contributed by atoms with E-state index in [0.29, 0.717) is 29.2 Å². The summed E-state index contributed by atoms with van der Waals surface area (Å²) in [6.07, 6.45) is 8.23. The first-order valence-electron chi connectivity index (χ1n) is 11.9. The third-order valence-electron chi connectivity index (χ3n) is 6.55. The highest BCUT2D eigenvalue weighted by molar-refractivity contribution is 5.77. The number of hydrogen-bond acceptors (Lipinski definition) is 7. The van der Waals surface area contributed by atoms with Gasteiger partial charge in [0.15, 0.2) is 0 Å².